The van der Waals surface area contributed by atoms with Gasteiger partial charge in [-0.1, -0.05) is 31.1 Å². The van der Waals surface area contributed by atoms with Crippen LogP contribution in [0.4, 0.5) is 15.8 Å². The molecule has 0 amide bonds. The van der Waals surface area contributed by atoms with Gasteiger partial charge < -0.3 is 26.0 Å². The van der Waals surface area contributed by atoms with Gasteiger partial charge in [0.15, 0.2) is 17.3 Å². The molecule has 3 aromatic rings. The van der Waals surface area contributed by atoms with Crippen LogP contribution in [-0.4, -0.2) is 22.8 Å². The standard InChI is InChI=1S/C29H29FN2O6/c30-21-12-10-20(11-13-21)24(33)17-9-19-7-14-22(15-8-19)37-29-23(31)16-18-25(28(29)32)38-27(36)6-4-2-1-3-5-26(34)35/h7-18H,1-6,31-32H2,(H,34,35). The molecule has 0 aromatic heterocycles. The summed E-state index contributed by atoms with van der Waals surface area (Å²) in [5.74, 6) is -1.25. The van der Waals surface area contributed by atoms with Crippen LogP contribution in [-0.2, 0) is 9.59 Å². The van der Waals surface area contributed by atoms with Crippen LogP contribution in [0.2, 0.25) is 0 Å². The van der Waals surface area contributed by atoms with Crippen molar-refractivity contribution in [1.29, 1.82) is 0 Å². The molecule has 9 heteroatoms. The highest BCUT2D eigenvalue weighted by atomic mass is 19.1. The first-order chi connectivity index (χ1) is 18.2. The Bertz CT molecular complexity index is 1300. The fourth-order valence-electron chi connectivity index (χ4n) is 3.52. The molecule has 0 saturated heterocycles. The molecule has 5 N–H and O–H groups in total. The van der Waals surface area contributed by atoms with Crippen molar-refractivity contribution in [3.63, 3.8) is 0 Å². The lowest BCUT2D eigenvalue weighted by molar-refractivity contribution is -0.137. The Balaban J connectivity index is 1.57. The largest absolute Gasteiger partial charge is 0.481 e. The minimum Gasteiger partial charge on any atom is -0.481 e. The molecule has 0 aliphatic heterocycles. The molecule has 38 heavy (non-hydrogen) atoms. The summed E-state index contributed by atoms with van der Waals surface area (Å²) in [6, 6.07) is 15.1. The molecule has 0 aliphatic carbocycles. The van der Waals surface area contributed by atoms with Crippen molar-refractivity contribution < 1.29 is 33.4 Å². The zero-order valence-corrected chi connectivity index (χ0v) is 20.7. The average molecular weight is 521 g/mol. The quantitative estimate of drug-likeness (QED) is 0.0621. The second-order valence-corrected chi connectivity index (χ2v) is 8.55. The van der Waals surface area contributed by atoms with Crippen molar-refractivity contribution in [3.8, 4) is 17.2 Å². The predicted octanol–water partition coefficient (Wildman–Crippen LogP) is 6.01. The van der Waals surface area contributed by atoms with E-state index in [9.17, 15) is 18.8 Å². The van der Waals surface area contributed by atoms with Gasteiger partial charge in [-0.2, -0.15) is 0 Å². The number of anilines is 2. The summed E-state index contributed by atoms with van der Waals surface area (Å²) in [6.45, 7) is 0. The molecule has 0 heterocycles. The number of carboxylic acid groups (broad SMARTS) is 1. The third kappa shape index (κ3) is 8.48. The van der Waals surface area contributed by atoms with E-state index in [0.29, 0.717) is 24.2 Å². The summed E-state index contributed by atoms with van der Waals surface area (Å²) >= 11 is 0. The van der Waals surface area contributed by atoms with E-state index in [1.165, 1.54) is 42.5 Å². The lowest BCUT2D eigenvalue weighted by Gasteiger charge is -2.14. The Morgan fingerprint density at radius 3 is 2.16 bits per heavy atom. The number of carbonyl (C=O) groups excluding carboxylic acids is 2. The monoisotopic (exact) mass is 520 g/mol. The predicted molar refractivity (Wildman–Crippen MR) is 143 cm³/mol. The van der Waals surface area contributed by atoms with Gasteiger partial charge >= 0.3 is 11.9 Å². The minimum absolute atomic E-state index is 0.0775. The first kappa shape index (κ1) is 27.9. The molecule has 0 unspecified atom stereocenters. The van der Waals surface area contributed by atoms with Crippen LogP contribution in [0, 0.1) is 5.82 Å². The summed E-state index contributed by atoms with van der Waals surface area (Å²) in [4.78, 5) is 35.0. The van der Waals surface area contributed by atoms with Crippen LogP contribution in [0.5, 0.6) is 17.2 Å². The average Bonchev–Trinajstić information content (AvgIpc) is 2.89. The number of hydrogen-bond acceptors (Lipinski definition) is 7. The highest BCUT2D eigenvalue weighted by molar-refractivity contribution is 6.06. The van der Waals surface area contributed by atoms with E-state index >= 15 is 0 Å². The second kappa shape index (κ2) is 13.6. The molecule has 8 nitrogen and oxygen atoms in total. The highest BCUT2D eigenvalue weighted by Gasteiger charge is 2.15. The van der Waals surface area contributed by atoms with Crippen molar-refractivity contribution in [2.75, 3.05) is 11.5 Å². The van der Waals surface area contributed by atoms with Crippen LogP contribution in [0.1, 0.15) is 54.4 Å². The molecule has 0 radical (unpaired) electrons. The molecule has 0 fully saturated rings. The Morgan fingerprint density at radius 1 is 0.842 bits per heavy atom. The maximum absolute atomic E-state index is 13.0. The molecule has 0 aliphatic rings. The lowest BCUT2D eigenvalue weighted by atomic mass is 10.1. The van der Waals surface area contributed by atoms with Crippen molar-refractivity contribution >= 4 is 35.2 Å². The number of hydrogen-bond donors (Lipinski definition) is 3. The molecule has 0 spiro atoms. The van der Waals surface area contributed by atoms with Crippen molar-refractivity contribution in [1.82, 2.24) is 0 Å². The second-order valence-electron chi connectivity index (χ2n) is 8.55. The van der Waals surface area contributed by atoms with E-state index in [2.05, 4.69) is 0 Å². The van der Waals surface area contributed by atoms with Crippen LogP contribution < -0.4 is 20.9 Å². The van der Waals surface area contributed by atoms with Crippen molar-refractivity contribution in [3.05, 3.63) is 83.7 Å². The van der Waals surface area contributed by atoms with E-state index in [1.54, 1.807) is 30.3 Å². The maximum Gasteiger partial charge on any atom is 0.311 e. The first-order valence-corrected chi connectivity index (χ1v) is 12.1. The lowest BCUT2D eigenvalue weighted by Crippen LogP contribution is -2.10. The van der Waals surface area contributed by atoms with E-state index in [-0.39, 0.29) is 41.5 Å². The number of esters is 1. The molecule has 0 bridgehead atoms. The molecule has 0 saturated carbocycles. The van der Waals surface area contributed by atoms with Crippen LogP contribution in [0.25, 0.3) is 6.08 Å². The van der Waals surface area contributed by atoms with Gasteiger partial charge in [0.2, 0.25) is 0 Å². The van der Waals surface area contributed by atoms with Crippen molar-refractivity contribution in [2.24, 2.45) is 0 Å². The third-order valence-electron chi connectivity index (χ3n) is 5.59. The number of benzene rings is 3. The number of nitrogens with two attached hydrogens (primary N) is 2. The van der Waals surface area contributed by atoms with E-state index in [0.717, 1.165) is 18.4 Å². The number of halogens is 1. The number of ketones is 1. The summed E-state index contributed by atoms with van der Waals surface area (Å²) in [6.07, 6.45) is 5.91. The molecular weight excluding hydrogens is 491 g/mol. The number of carboxylic acids is 1. The van der Waals surface area contributed by atoms with Gasteiger partial charge in [0.05, 0.1) is 5.69 Å². The van der Waals surface area contributed by atoms with Gasteiger partial charge in [-0.3, -0.25) is 14.4 Å². The minimum atomic E-state index is -0.830. The zero-order chi connectivity index (χ0) is 27.5. The molecule has 3 aromatic carbocycles. The summed E-state index contributed by atoms with van der Waals surface area (Å²) in [7, 11) is 0. The van der Waals surface area contributed by atoms with E-state index < -0.39 is 17.8 Å². The number of aliphatic carboxylic acids is 1. The fourth-order valence-corrected chi connectivity index (χ4v) is 3.52. The smallest absolute Gasteiger partial charge is 0.311 e. The molecular formula is C29H29FN2O6. The van der Waals surface area contributed by atoms with Gasteiger partial charge in [0.25, 0.3) is 0 Å². The Hall–Kier alpha value is -4.66. The number of carbonyl (C=O) groups is 3. The molecule has 3 rings (SSSR count). The summed E-state index contributed by atoms with van der Waals surface area (Å²) in [5, 5.41) is 8.65. The Kier molecular flexibility index (Phi) is 9.99. The normalized spacial score (nSPS) is 10.9. The van der Waals surface area contributed by atoms with Crippen LogP contribution in [0.3, 0.4) is 0 Å². The number of ether oxygens (including phenoxy) is 2. The Labute approximate surface area is 219 Å². The maximum atomic E-state index is 13.0. The number of rotatable bonds is 13. The van der Waals surface area contributed by atoms with E-state index in [4.69, 9.17) is 26.0 Å². The van der Waals surface area contributed by atoms with Crippen LogP contribution >= 0.6 is 0 Å². The molecule has 0 atom stereocenters. The fraction of sp³-hybridized carbons (Fsp3) is 0.207. The number of nitrogen functional groups attached to an aromatic ring is 2. The highest BCUT2D eigenvalue weighted by Crippen LogP contribution is 2.40. The van der Waals surface area contributed by atoms with Gasteiger partial charge in [0, 0.05) is 18.4 Å². The van der Waals surface area contributed by atoms with Crippen molar-refractivity contribution in [2.45, 2.75) is 38.5 Å². The van der Waals surface area contributed by atoms with Gasteiger partial charge in [-0.15, -0.1) is 0 Å². The summed E-state index contributed by atoms with van der Waals surface area (Å²) in [5.41, 5.74) is 13.7. The third-order valence-corrected chi connectivity index (χ3v) is 5.59. The zero-order valence-electron chi connectivity index (χ0n) is 20.7. The van der Waals surface area contributed by atoms with Gasteiger partial charge in [0.1, 0.15) is 17.3 Å². The summed E-state index contributed by atoms with van der Waals surface area (Å²) < 4.78 is 24.3. The Morgan fingerprint density at radius 2 is 1.50 bits per heavy atom. The van der Waals surface area contributed by atoms with Crippen LogP contribution in [0.15, 0.2) is 66.7 Å². The molecule has 198 valence electrons. The van der Waals surface area contributed by atoms with Gasteiger partial charge in [-0.05, 0) is 73.0 Å². The van der Waals surface area contributed by atoms with Gasteiger partial charge in [-0.25, -0.2) is 4.39 Å². The number of allylic oxidation sites excluding steroid dienone is 1. The van der Waals surface area contributed by atoms with E-state index in [1.807, 2.05) is 0 Å². The SMILES string of the molecule is Nc1ccc(OC(=O)CCCCCCC(=O)O)c(N)c1Oc1ccc(C=CC(=O)c2ccc(F)cc2)cc1. The number of unbranched alkanes of at least 4 members (excludes halogenated alkanes) is 3. The topological polar surface area (TPSA) is 142 Å². The first-order valence-electron chi connectivity index (χ1n) is 12.1.